The van der Waals surface area contributed by atoms with Crippen molar-refractivity contribution in [1.29, 1.82) is 0 Å². The summed E-state index contributed by atoms with van der Waals surface area (Å²) < 4.78 is 11.5. The lowest BCUT2D eigenvalue weighted by molar-refractivity contribution is 0.616. The summed E-state index contributed by atoms with van der Waals surface area (Å²) in [6.07, 6.45) is 2.32. The maximum Gasteiger partial charge on any atom is 0.269 e. The fourth-order valence-corrected chi connectivity index (χ4v) is 0.486. The molecule has 31 valence electrons. The normalized spacial score (nSPS) is 8.83. The first kappa shape index (κ1) is 3.74. The van der Waals surface area contributed by atoms with Gasteiger partial charge in [-0.25, -0.2) is 4.98 Å². The van der Waals surface area contributed by atoms with Gasteiger partial charge in [-0.15, -0.1) is 0 Å². The van der Waals surface area contributed by atoms with Crippen molar-refractivity contribution >= 4 is 11.3 Å². The van der Waals surface area contributed by atoms with Crippen LogP contribution in [0.25, 0.3) is 0 Å². The first-order valence-electron chi connectivity index (χ1n) is 1.36. The molecule has 0 saturated heterocycles. The number of thiazole rings is 1. The van der Waals surface area contributed by atoms with Crippen LogP contribution in [0.2, 0.25) is 0 Å². The fraction of sp³-hybridized carbons (Fsp3) is 0. The van der Waals surface area contributed by atoms with Crippen LogP contribution in [0.1, 0.15) is 0 Å². The van der Waals surface area contributed by atoms with Gasteiger partial charge in [0.25, 0.3) is 5.26 Å². The Hall–Kier alpha value is -0.440. The van der Waals surface area contributed by atoms with E-state index >= 15 is 0 Å². The maximum atomic E-state index is 11.5. The number of hydrogen-bond donors (Lipinski definition) is 0. The minimum Gasteiger partial charge on any atom is -0.208 e. The first-order valence-corrected chi connectivity index (χ1v) is 2.24. The number of hydrogen-bond acceptors (Lipinski definition) is 2. The number of nitrogens with zero attached hydrogens (tertiary/aromatic N) is 1. The third-order valence-electron chi connectivity index (χ3n) is 0.361. The minimum atomic E-state index is -0.421. The number of halogens is 1. The molecule has 1 aromatic rings. The predicted molar refractivity (Wildman–Crippen MR) is 20.9 cm³/mol. The van der Waals surface area contributed by atoms with E-state index in [1.165, 1.54) is 5.38 Å². The average molecular weight is 102 g/mol. The van der Waals surface area contributed by atoms with E-state index in [9.17, 15) is 4.39 Å². The topological polar surface area (TPSA) is 12.9 Å². The molecule has 0 aliphatic carbocycles. The molecule has 0 amide bonds. The molecule has 0 bridgehead atoms. The molecule has 0 atom stereocenters. The average Bonchev–Trinajstić information content (AvgIpc) is 1.86. The van der Waals surface area contributed by atoms with Gasteiger partial charge in [-0.1, -0.05) is 11.3 Å². The van der Waals surface area contributed by atoms with Crippen LogP contribution in [0.4, 0.5) is 4.39 Å². The summed E-state index contributed by atoms with van der Waals surface area (Å²) in [5.74, 6) is 0. The van der Waals surface area contributed by atoms with Crippen LogP contribution in [-0.4, -0.2) is 4.98 Å². The van der Waals surface area contributed by atoms with E-state index in [0.717, 1.165) is 11.3 Å². The third kappa shape index (κ3) is 0.542. The lowest BCUT2D eigenvalue weighted by atomic mass is 11.0. The molecule has 0 aliphatic rings. The second kappa shape index (κ2) is 1.34. The van der Waals surface area contributed by atoms with E-state index in [0.29, 0.717) is 0 Å². The van der Waals surface area contributed by atoms with Gasteiger partial charge >= 0.3 is 0 Å². The van der Waals surface area contributed by atoms with E-state index in [1.54, 1.807) is 0 Å². The zero-order valence-electron chi connectivity index (χ0n) is 2.81. The Morgan fingerprint density at radius 3 is 3.00 bits per heavy atom. The van der Waals surface area contributed by atoms with Crippen molar-refractivity contribution < 1.29 is 4.39 Å². The highest BCUT2D eigenvalue weighted by Crippen LogP contribution is 1.97. The Morgan fingerprint density at radius 1 is 2.00 bits per heavy atom. The van der Waals surface area contributed by atoms with Crippen molar-refractivity contribution in [1.82, 2.24) is 4.98 Å². The standard InChI is InChI=1S/C3HFNS/c4-3-5-1-2-6-3/h2H. The van der Waals surface area contributed by atoms with Crippen LogP contribution in [0, 0.1) is 11.5 Å². The van der Waals surface area contributed by atoms with Gasteiger partial charge in [0.1, 0.15) is 6.20 Å². The summed E-state index contributed by atoms with van der Waals surface area (Å²) in [6.45, 7) is 0. The molecule has 0 N–H and O–H groups in total. The van der Waals surface area contributed by atoms with Crippen molar-refractivity contribution in [3.05, 3.63) is 16.8 Å². The summed E-state index contributed by atoms with van der Waals surface area (Å²) in [5.41, 5.74) is 0. The van der Waals surface area contributed by atoms with E-state index in [4.69, 9.17) is 0 Å². The SMILES string of the molecule is Fc1n[c]cs1. The minimum absolute atomic E-state index is 0.421. The summed E-state index contributed by atoms with van der Waals surface area (Å²) in [5, 5.41) is 1.05. The van der Waals surface area contributed by atoms with Gasteiger partial charge in [-0.3, -0.25) is 0 Å². The third-order valence-corrected chi connectivity index (χ3v) is 0.870. The van der Waals surface area contributed by atoms with Crippen molar-refractivity contribution in [2.75, 3.05) is 0 Å². The molecule has 6 heavy (non-hydrogen) atoms. The van der Waals surface area contributed by atoms with Gasteiger partial charge < -0.3 is 0 Å². The van der Waals surface area contributed by atoms with Crippen LogP contribution < -0.4 is 0 Å². The van der Waals surface area contributed by atoms with Crippen molar-refractivity contribution in [2.24, 2.45) is 0 Å². The molecule has 0 aliphatic heterocycles. The second-order valence-electron chi connectivity index (χ2n) is 0.730. The Bertz CT molecular complexity index is 114. The molecular weight excluding hydrogens is 101 g/mol. The number of rotatable bonds is 0. The van der Waals surface area contributed by atoms with E-state index in [2.05, 4.69) is 11.2 Å². The Labute approximate surface area is 38.5 Å². The zero-order chi connectivity index (χ0) is 4.41. The lowest BCUT2D eigenvalue weighted by Crippen LogP contribution is -1.58. The van der Waals surface area contributed by atoms with Crippen molar-refractivity contribution in [3.63, 3.8) is 0 Å². The molecule has 0 saturated carbocycles. The van der Waals surface area contributed by atoms with Crippen LogP contribution in [-0.2, 0) is 0 Å². The summed E-state index contributed by atoms with van der Waals surface area (Å²) >= 11 is 0.944. The van der Waals surface area contributed by atoms with Crippen molar-refractivity contribution in [3.8, 4) is 0 Å². The van der Waals surface area contributed by atoms with Gasteiger partial charge in [-0.05, 0) is 0 Å². The van der Waals surface area contributed by atoms with Crippen LogP contribution >= 0.6 is 11.3 Å². The van der Waals surface area contributed by atoms with Gasteiger partial charge in [0.2, 0.25) is 0 Å². The van der Waals surface area contributed by atoms with Gasteiger partial charge in [0.15, 0.2) is 0 Å². The molecule has 1 aromatic heterocycles. The predicted octanol–water partition coefficient (Wildman–Crippen LogP) is 1.08. The monoisotopic (exact) mass is 102 g/mol. The highest BCUT2D eigenvalue weighted by atomic mass is 32.1. The molecule has 1 rings (SSSR count). The molecule has 3 heteroatoms. The summed E-state index contributed by atoms with van der Waals surface area (Å²) in [7, 11) is 0. The number of aromatic nitrogens is 1. The van der Waals surface area contributed by atoms with E-state index in [1.807, 2.05) is 0 Å². The van der Waals surface area contributed by atoms with E-state index in [-0.39, 0.29) is 0 Å². The molecule has 1 radical (unpaired) electrons. The second-order valence-corrected chi connectivity index (χ2v) is 1.54. The molecule has 1 heterocycles. The van der Waals surface area contributed by atoms with Gasteiger partial charge in [0.05, 0.1) is 0 Å². The summed E-state index contributed by atoms with van der Waals surface area (Å²) in [6, 6.07) is 0. The summed E-state index contributed by atoms with van der Waals surface area (Å²) in [4.78, 5) is 3.14. The largest absolute Gasteiger partial charge is 0.269 e. The molecule has 0 fully saturated rings. The smallest absolute Gasteiger partial charge is 0.208 e. The molecule has 0 unspecified atom stereocenters. The van der Waals surface area contributed by atoms with E-state index < -0.39 is 5.26 Å². The first-order chi connectivity index (χ1) is 2.89. The van der Waals surface area contributed by atoms with Crippen molar-refractivity contribution in [2.45, 2.75) is 0 Å². The highest BCUT2D eigenvalue weighted by molar-refractivity contribution is 7.07. The quantitative estimate of drug-likeness (QED) is 0.477. The maximum absolute atomic E-state index is 11.5. The Balaban J connectivity index is 3.05. The van der Waals surface area contributed by atoms with Crippen LogP contribution in [0.5, 0.6) is 0 Å². The van der Waals surface area contributed by atoms with Crippen LogP contribution in [0.3, 0.4) is 0 Å². The fourth-order valence-electron chi connectivity index (χ4n) is 0.178. The lowest BCUT2D eigenvalue weighted by Gasteiger charge is -1.58. The highest BCUT2D eigenvalue weighted by Gasteiger charge is 1.83. The molecule has 1 nitrogen and oxygen atoms in total. The van der Waals surface area contributed by atoms with Crippen LogP contribution in [0.15, 0.2) is 5.38 Å². The molecule has 0 aromatic carbocycles. The zero-order valence-corrected chi connectivity index (χ0v) is 3.63. The molecular formula is C3HFNS. The molecule has 0 spiro atoms. The Morgan fingerprint density at radius 2 is 2.83 bits per heavy atom. The Kier molecular flexibility index (Phi) is 0.837. The van der Waals surface area contributed by atoms with Gasteiger partial charge in [-0.2, -0.15) is 4.39 Å². The van der Waals surface area contributed by atoms with Gasteiger partial charge in [0, 0.05) is 5.38 Å².